The molecule has 1 aliphatic rings. The summed E-state index contributed by atoms with van der Waals surface area (Å²) in [6.07, 6.45) is 5.50. The minimum absolute atomic E-state index is 0.0959. The molecule has 3 heteroatoms. The van der Waals surface area contributed by atoms with Crippen LogP contribution in [0.15, 0.2) is 0 Å². The fraction of sp³-hybridized carbons (Fsp3) is 1.00. The van der Waals surface area contributed by atoms with Gasteiger partial charge in [-0.15, -0.1) is 0 Å². The average molecular weight is 187 g/mol. The Bertz CT molecular complexity index is 122. The van der Waals surface area contributed by atoms with Crippen LogP contribution in [0.3, 0.4) is 0 Å². The van der Waals surface area contributed by atoms with Crippen molar-refractivity contribution in [3.8, 4) is 0 Å². The second-order valence-electron chi connectivity index (χ2n) is 3.69. The molecule has 13 heavy (non-hydrogen) atoms. The van der Waals surface area contributed by atoms with Crippen molar-refractivity contribution in [3.63, 3.8) is 0 Å². The highest BCUT2D eigenvalue weighted by Crippen LogP contribution is 2.28. The summed E-state index contributed by atoms with van der Waals surface area (Å²) in [4.78, 5) is 0. The van der Waals surface area contributed by atoms with Crippen LogP contribution in [-0.2, 0) is 9.47 Å². The summed E-state index contributed by atoms with van der Waals surface area (Å²) >= 11 is 0. The summed E-state index contributed by atoms with van der Waals surface area (Å²) in [5, 5.41) is 3.34. The molecule has 1 fully saturated rings. The lowest BCUT2D eigenvalue weighted by atomic mass is 9.83. The van der Waals surface area contributed by atoms with Crippen LogP contribution in [0.5, 0.6) is 0 Å². The summed E-state index contributed by atoms with van der Waals surface area (Å²) in [5.41, 5.74) is 0. The molecule has 0 unspecified atom stereocenters. The Kier molecular flexibility index (Phi) is 5.35. The third-order valence-electron chi connectivity index (χ3n) is 2.79. The van der Waals surface area contributed by atoms with Crippen LogP contribution < -0.4 is 5.32 Å². The Morgan fingerprint density at radius 2 is 2.00 bits per heavy atom. The van der Waals surface area contributed by atoms with Crippen molar-refractivity contribution < 1.29 is 9.47 Å². The highest BCUT2D eigenvalue weighted by Gasteiger charge is 2.16. The van der Waals surface area contributed by atoms with E-state index < -0.39 is 0 Å². The van der Waals surface area contributed by atoms with E-state index in [9.17, 15) is 0 Å². The lowest BCUT2D eigenvalue weighted by Crippen LogP contribution is -2.31. The van der Waals surface area contributed by atoms with Crippen LogP contribution in [0.4, 0.5) is 0 Å². The van der Waals surface area contributed by atoms with Crippen molar-refractivity contribution in [1.29, 1.82) is 0 Å². The number of rotatable bonds is 7. The molecule has 0 aliphatic heterocycles. The summed E-state index contributed by atoms with van der Waals surface area (Å²) < 4.78 is 10.1. The molecule has 0 atom stereocenters. The first-order valence-corrected chi connectivity index (χ1v) is 5.13. The fourth-order valence-corrected chi connectivity index (χ4v) is 1.57. The monoisotopic (exact) mass is 187 g/mol. The smallest absolute Gasteiger partial charge is 0.169 e. The molecule has 0 heterocycles. The number of hydrogen-bond donors (Lipinski definition) is 1. The molecule has 0 saturated heterocycles. The van der Waals surface area contributed by atoms with Gasteiger partial charge in [-0.2, -0.15) is 0 Å². The molecule has 0 amide bonds. The Hall–Kier alpha value is -0.120. The Labute approximate surface area is 80.8 Å². The highest BCUT2D eigenvalue weighted by molar-refractivity contribution is 4.70. The predicted octanol–water partition coefficient (Wildman–Crippen LogP) is 1.39. The maximum absolute atomic E-state index is 5.06. The van der Waals surface area contributed by atoms with Crippen molar-refractivity contribution in [2.45, 2.75) is 32.0 Å². The van der Waals surface area contributed by atoms with Crippen LogP contribution in [-0.4, -0.2) is 33.6 Å². The zero-order valence-corrected chi connectivity index (χ0v) is 8.71. The van der Waals surface area contributed by atoms with Crippen molar-refractivity contribution in [1.82, 2.24) is 5.32 Å². The SMILES string of the molecule is COC(CNCCC1CCC1)OC. The highest BCUT2D eigenvalue weighted by atomic mass is 16.7. The van der Waals surface area contributed by atoms with Gasteiger partial charge in [0.25, 0.3) is 0 Å². The third-order valence-corrected chi connectivity index (χ3v) is 2.79. The summed E-state index contributed by atoms with van der Waals surface area (Å²) in [6.45, 7) is 1.88. The second kappa shape index (κ2) is 6.35. The van der Waals surface area contributed by atoms with Gasteiger partial charge in [-0.1, -0.05) is 19.3 Å². The number of hydrogen-bond acceptors (Lipinski definition) is 3. The van der Waals surface area contributed by atoms with E-state index in [1.54, 1.807) is 14.2 Å². The predicted molar refractivity (Wildman–Crippen MR) is 52.6 cm³/mol. The number of methoxy groups -OCH3 is 2. The largest absolute Gasteiger partial charge is 0.355 e. The van der Waals surface area contributed by atoms with E-state index in [0.717, 1.165) is 19.0 Å². The van der Waals surface area contributed by atoms with Crippen LogP contribution in [0.2, 0.25) is 0 Å². The molecule has 1 rings (SSSR count). The molecule has 3 nitrogen and oxygen atoms in total. The minimum Gasteiger partial charge on any atom is -0.355 e. The maximum atomic E-state index is 5.06. The molecule has 0 bridgehead atoms. The molecule has 1 N–H and O–H groups in total. The average Bonchev–Trinajstić information content (AvgIpc) is 2.08. The standard InChI is InChI=1S/C10H21NO2/c1-12-10(13-2)8-11-7-6-9-4-3-5-9/h9-11H,3-8H2,1-2H3. The first-order chi connectivity index (χ1) is 6.36. The topological polar surface area (TPSA) is 30.5 Å². The van der Waals surface area contributed by atoms with E-state index in [1.807, 2.05) is 0 Å². The van der Waals surface area contributed by atoms with Crippen LogP contribution >= 0.6 is 0 Å². The quantitative estimate of drug-likeness (QED) is 0.482. The van der Waals surface area contributed by atoms with Gasteiger partial charge in [0, 0.05) is 20.8 Å². The fourth-order valence-electron chi connectivity index (χ4n) is 1.57. The van der Waals surface area contributed by atoms with Gasteiger partial charge in [0.2, 0.25) is 0 Å². The van der Waals surface area contributed by atoms with Gasteiger partial charge in [-0.3, -0.25) is 0 Å². The number of ether oxygens (including phenoxy) is 2. The number of nitrogens with one attached hydrogen (secondary N) is 1. The molecule has 0 radical (unpaired) electrons. The molecule has 78 valence electrons. The first kappa shape index (κ1) is 11.0. The van der Waals surface area contributed by atoms with Crippen molar-refractivity contribution in [3.05, 3.63) is 0 Å². The van der Waals surface area contributed by atoms with Crippen LogP contribution in [0.25, 0.3) is 0 Å². The first-order valence-electron chi connectivity index (χ1n) is 5.13. The Balaban J connectivity index is 1.87. The minimum atomic E-state index is -0.0959. The maximum Gasteiger partial charge on any atom is 0.169 e. The zero-order valence-electron chi connectivity index (χ0n) is 8.71. The van der Waals surface area contributed by atoms with Crippen molar-refractivity contribution in [2.75, 3.05) is 27.3 Å². The van der Waals surface area contributed by atoms with Crippen molar-refractivity contribution in [2.24, 2.45) is 5.92 Å². The Morgan fingerprint density at radius 3 is 2.46 bits per heavy atom. The second-order valence-corrected chi connectivity index (χ2v) is 3.69. The van der Waals surface area contributed by atoms with E-state index in [1.165, 1.54) is 25.7 Å². The van der Waals surface area contributed by atoms with Gasteiger partial charge in [-0.05, 0) is 18.9 Å². The van der Waals surface area contributed by atoms with E-state index in [-0.39, 0.29) is 6.29 Å². The molecule has 1 aliphatic carbocycles. The van der Waals surface area contributed by atoms with Gasteiger partial charge in [0.05, 0.1) is 0 Å². The third kappa shape index (κ3) is 4.07. The summed E-state index contributed by atoms with van der Waals surface area (Å²) in [5.74, 6) is 0.982. The van der Waals surface area contributed by atoms with E-state index in [4.69, 9.17) is 9.47 Å². The molecule has 0 aromatic heterocycles. The molecule has 0 aromatic carbocycles. The Morgan fingerprint density at radius 1 is 1.31 bits per heavy atom. The summed E-state index contributed by atoms with van der Waals surface area (Å²) in [6, 6.07) is 0. The van der Waals surface area contributed by atoms with E-state index >= 15 is 0 Å². The van der Waals surface area contributed by atoms with Gasteiger partial charge in [0.1, 0.15) is 0 Å². The molecule has 1 saturated carbocycles. The van der Waals surface area contributed by atoms with E-state index in [0.29, 0.717) is 0 Å². The molecular formula is C10H21NO2. The zero-order chi connectivity index (χ0) is 9.52. The van der Waals surface area contributed by atoms with Gasteiger partial charge >= 0.3 is 0 Å². The normalized spacial score (nSPS) is 17.8. The van der Waals surface area contributed by atoms with Crippen molar-refractivity contribution >= 4 is 0 Å². The molecule has 0 spiro atoms. The van der Waals surface area contributed by atoms with E-state index in [2.05, 4.69) is 5.32 Å². The lowest BCUT2D eigenvalue weighted by Gasteiger charge is -2.25. The summed E-state index contributed by atoms with van der Waals surface area (Å²) in [7, 11) is 3.34. The lowest BCUT2D eigenvalue weighted by molar-refractivity contribution is -0.0987. The van der Waals surface area contributed by atoms with Crippen LogP contribution in [0.1, 0.15) is 25.7 Å². The molecule has 0 aromatic rings. The molecular weight excluding hydrogens is 166 g/mol. The van der Waals surface area contributed by atoms with Gasteiger partial charge in [0.15, 0.2) is 6.29 Å². The van der Waals surface area contributed by atoms with Crippen LogP contribution in [0, 0.1) is 5.92 Å². The van der Waals surface area contributed by atoms with Gasteiger partial charge in [-0.25, -0.2) is 0 Å². The van der Waals surface area contributed by atoms with Gasteiger partial charge < -0.3 is 14.8 Å².